The maximum atomic E-state index is 14.5. The van der Waals surface area contributed by atoms with Crippen molar-refractivity contribution in [2.75, 3.05) is 14.2 Å². The van der Waals surface area contributed by atoms with E-state index in [1.165, 1.54) is 19.2 Å². The molecule has 1 saturated carbocycles. The lowest BCUT2D eigenvalue weighted by Gasteiger charge is -2.30. The van der Waals surface area contributed by atoms with Crippen molar-refractivity contribution < 1.29 is 23.5 Å². The van der Waals surface area contributed by atoms with Crippen LogP contribution in [0.1, 0.15) is 60.7 Å². The average Bonchev–Trinajstić information content (AvgIpc) is 3.42. The zero-order valence-electron chi connectivity index (χ0n) is 20.4. The second-order valence-corrected chi connectivity index (χ2v) is 9.21. The van der Waals surface area contributed by atoms with Gasteiger partial charge in [-0.1, -0.05) is 17.3 Å². The van der Waals surface area contributed by atoms with E-state index < -0.39 is 11.9 Å². The summed E-state index contributed by atoms with van der Waals surface area (Å²) in [7, 11) is 3.17. The van der Waals surface area contributed by atoms with Gasteiger partial charge in [-0.15, -0.1) is 0 Å². The Morgan fingerprint density at radius 3 is 2.49 bits per heavy atom. The molecule has 1 N–H and O–H groups in total. The molecule has 184 valence electrons. The monoisotopic (exact) mass is 479 g/mol. The average molecular weight is 480 g/mol. The Morgan fingerprint density at radius 2 is 1.86 bits per heavy atom. The van der Waals surface area contributed by atoms with Crippen molar-refractivity contribution in [1.29, 1.82) is 0 Å². The summed E-state index contributed by atoms with van der Waals surface area (Å²) in [6.45, 7) is 3.80. The number of aryl methyl sites for hydroxylation is 2. The van der Waals surface area contributed by atoms with Gasteiger partial charge in [0.1, 0.15) is 17.7 Å². The van der Waals surface area contributed by atoms with E-state index in [-0.39, 0.29) is 17.9 Å². The molecule has 2 aromatic carbocycles. The van der Waals surface area contributed by atoms with E-state index in [0.29, 0.717) is 11.4 Å². The van der Waals surface area contributed by atoms with Crippen molar-refractivity contribution in [2.45, 2.75) is 57.8 Å². The minimum atomic E-state index is -1.09. The van der Waals surface area contributed by atoms with Crippen LogP contribution < -0.4 is 4.74 Å². The van der Waals surface area contributed by atoms with Crippen LogP contribution in [0.25, 0.3) is 22.2 Å². The first kappa shape index (κ1) is 23.5. The van der Waals surface area contributed by atoms with Crippen LogP contribution in [0.2, 0.25) is 0 Å². The third-order valence-electron chi connectivity index (χ3n) is 7.12. The molecular weight excluding hydrogens is 449 g/mol. The minimum Gasteiger partial charge on any atom is -0.494 e. The number of fused-ring (bicyclic) bond motifs is 1. The zero-order valence-corrected chi connectivity index (χ0v) is 20.4. The molecule has 1 unspecified atom stereocenters. The van der Waals surface area contributed by atoms with Crippen molar-refractivity contribution in [2.24, 2.45) is 0 Å². The maximum Gasteiger partial charge on any atom is 0.165 e. The summed E-state index contributed by atoms with van der Waals surface area (Å²) in [5.41, 5.74) is 4.84. The smallest absolute Gasteiger partial charge is 0.165 e. The molecule has 2 aromatic heterocycles. The predicted octanol–water partition coefficient (Wildman–Crippen LogP) is 5.67. The molecule has 0 aliphatic heterocycles. The molecule has 35 heavy (non-hydrogen) atoms. The first-order valence-electron chi connectivity index (χ1n) is 11.9. The second kappa shape index (κ2) is 9.43. The van der Waals surface area contributed by atoms with Crippen LogP contribution in [0.3, 0.4) is 0 Å². The molecule has 0 radical (unpaired) electrons. The number of aliphatic hydroxyl groups is 1. The summed E-state index contributed by atoms with van der Waals surface area (Å²) in [6.07, 6.45) is 2.84. The molecule has 1 aliphatic carbocycles. The number of methoxy groups -OCH3 is 2. The number of hydrogen-bond donors (Lipinski definition) is 1. The lowest BCUT2D eigenvalue weighted by molar-refractivity contribution is 0.0576. The molecule has 1 fully saturated rings. The molecule has 0 saturated heterocycles. The van der Waals surface area contributed by atoms with Crippen molar-refractivity contribution in [3.05, 3.63) is 65.1 Å². The largest absolute Gasteiger partial charge is 0.494 e. The van der Waals surface area contributed by atoms with Crippen LogP contribution in [-0.2, 0) is 4.74 Å². The minimum absolute atomic E-state index is 0.136. The molecule has 7 nitrogen and oxygen atoms in total. The fraction of sp³-hybridized carbons (Fsp3) is 0.407. The zero-order chi connectivity index (χ0) is 24.7. The van der Waals surface area contributed by atoms with Gasteiger partial charge in [-0.05, 0) is 74.9 Å². The molecule has 5 rings (SSSR count). The normalized spacial score (nSPS) is 19.3. The number of rotatable bonds is 6. The summed E-state index contributed by atoms with van der Waals surface area (Å²) in [4.78, 5) is 4.88. The van der Waals surface area contributed by atoms with E-state index in [4.69, 9.17) is 19.0 Å². The lowest BCUT2D eigenvalue weighted by Crippen LogP contribution is -2.24. The summed E-state index contributed by atoms with van der Waals surface area (Å²) in [5.74, 6) is 0.860. The van der Waals surface area contributed by atoms with Crippen molar-refractivity contribution in [3.63, 3.8) is 0 Å². The SMILES string of the molecule is COc1ccc(C(O)c2nc3cc(-c4c(C)noc4C)ccc3n2C2CCC(OC)CC2)cc1F. The molecule has 4 aromatic rings. The highest BCUT2D eigenvalue weighted by molar-refractivity contribution is 5.84. The number of imidazole rings is 1. The third-order valence-corrected chi connectivity index (χ3v) is 7.12. The van der Waals surface area contributed by atoms with Gasteiger partial charge in [-0.25, -0.2) is 9.37 Å². The van der Waals surface area contributed by atoms with Gasteiger partial charge in [0.05, 0.1) is 29.9 Å². The molecule has 0 amide bonds. The number of aromatic nitrogens is 3. The highest BCUT2D eigenvalue weighted by Gasteiger charge is 2.29. The highest BCUT2D eigenvalue weighted by Crippen LogP contribution is 2.38. The van der Waals surface area contributed by atoms with Gasteiger partial charge in [0.15, 0.2) is 11.6 Å². The van der Waals surface area contributed by atoms with E-state index in [0.717, 1.165) is 59.3 Å². The van der Waals surface area contributed by atoms with Gasteiger partial charge in [-0.3, -0.25) is 0 Å². The third kappa shape index (κ3) is 4.21. The number of nitrogens with zero attached hydrogens (tertiary/aromatic N) is 3. The van der Waals surface area contributed by atoms with E-state index >= 15 is 0 Å². The number of ether oxygens (including phenoxy) is 2. The van der Waals surface area contributed by atoms with Crippen LogP contribution in [0.5, 0.6) is 5.75 Å². The van der Waals surface area contributed by atoms with Gasteiger partial charge in [0.25, 0.3) is 0 Å². The Labute approximate surface area is 203 Å². The number of aliphatic hydroxyl groups excluding tert-OH is 1. The molecule has 8 heteroatoms. The van der Waals surface area contributed by atoms with Crippen molar-refractivity contribution in [3.8, 4) is 16.9 Å². The molecule has 1 atom stereocenters. The molecule has 0 bridgehead atoms. The Kier molecular flexibility index (Phi) is 6.34. The van der Waals surface area contributed by atoms with E-state index in [1.807, 2.05) is 32.0 Å². The van der Waals surface area contributed by atoms with Crippen LogP contribution in [0.15, 0.2) is 40.9 Å². The Balaban J connectivity index is 1.62. The molecule has 0 spiro atoms. The fourth-order valence-corrected chi connectivity index (χ4v) is 5.29. The van der Waals surface area contributed by atoms with Crippen LogP contribution >= 0.6 is 0 Å². The number of benzene rings is 2. The second-order valence-electron chi connectivity index (χ2n) is 9.21. The summed E-state index contributed by atoms with van der Waals surface area (Å²) < 4.78 is 32.6. The standard InChI is InChI=1S/C27H30FN3O4/c1-15-25(16(2)35-30-15)17-5-11-23-22(14-17)29-27(31(23)19-7-9-20(33-3)10-8-19)26(32)18-6-12-24(34-4)21(28)13-18/h5-6,11-14,19-20,26,32H,7-10H2,1-4H3. The number of halogens is 1. The van der Waals surface area contributed by atoms with E-state index in [1.54, 1.807) is 13.2 Å². The van der Waals surface area contributed by atoms with Gasteiger partial charge < -0.3 is 23.7 Å². The van der Waals surface area contributed by atoms with E-state index in [9.17, 15) is 9.50 Å². The highest BCUT2D eigenvalue weighted by atomic mass is 19.1. The number of hydrogen-bond acceptors (Lipinski definition) is 6. The van der Waals surface area contributed by atoms with Crippen molar-refractivity contribution in [1.82, 2.24) is 14.7 Å². The van der Waals surface area contributed by atoms with Gasteiger partial charge in [-0.2, -0.15) is 0 Å². The van der Waals surface area contributed by atoms with E-state index in [2.05, 4.69) is 9.72 Å². The fourth-order valence-electron chi connectivity index (χ4n) is 5.29. The van der Waals surface area contributed by atoms with Gasteiger partial charge in [0.2, 0.25) is 0 Å². The summed E-state index contributed by atoms with van der Waals surface area (Å²) in [6, 6.07) is 10.7. The first-order chi connectivity index (χ1) is 16.9. The Morgan fingerprint density at radius 1 is 1.09 bits per heavy atom. The molecule has 1 aliphatic rings. The van der Waals surface area contributed by atoms with Gasteiger partial charge >= 0.3 is 0 Å². The van der Waals surface area contributed by atoms with Crippen LogP contribution in [0, 0.1) is 19.7 Å². The maximum absolute atomic E-state index is 14.5. The summed E-state index contributed by atoms with van der Waals surface area (Å²) >= 11 is 0. The first-order valence-corrected chi connectivity index (χ1v) is 11.9. The Hall–Kier alpha value is -3.23. The quantitative estimate of drug-likeness (QED) is 0.384. The van der Waals surface area contributed by atoms with Crippen LogP contribution in [0.4, 0.5) is 4.39 Å². The molecule has 2 heterocycles. The Bertz CT molecular complexity index is 1330. The predicted molar refractivity (Wildman–Crippen MR) is 130 cm³/mol. The van der Waals surface area contributed by atoms with Crippen molar-refractivity contribution >= 4 is 11.0 Å². The summed E-state index contributed by atoms with van der Waals surface area (Å²) in [5, 5.41) is 15.5. The lowest BCUT2D eigenvalue weighted by atomic mass is 9.92. The van der Waals surface area contributed by atoms with Crippen LogP contribution in [-0.4, -0.2) is 40.1 Å². The topological polar surface area (TPSA) is 82.5 Å². The molecular formula is C27H30FN3O4. The van der Waals surface area contributed by atoms with Gasteiger partial charge in [0, 0.05) is 18.7 Å².